The Morgan fingerprint density at radius 3 is 2.50 bits per heavy atom. The second-order valence-electron chi connectivity index (χ2n) is 7.45. The molecule has 0 bridgehead atoms. The van der Waals surface area contributed by atoms with E-state index in [-0.39, 0.29) is 5.91 Å². The zero-order valence-corrected chi connectivity index (χ0v) is 20.9. The third-order valence-electron chi connectivity index (χ3n) is 5.05. The summed E-state index contributed by atoms with van der Waals surface area (Å²) in [6.07, 6.45) is 1.77. The van der Waals surface area contributed by atoms with Gasteiger partial charge in [0, 0.05) is 11.1 Å². The summed E-state index contributed by atoms with van der Waals surface area (Å²) in [6.45, 7) is 1.97. The van der Waals surface area contributed by atoms with Crippen LogP contribution >= 0.6 is 27.3 Å². The smallest absolute Gasteiger partial charge is 0.256 e. The summed E-state index contributed by atoms with van der Waals surface area (Å²) in [7, 11) is 1.60. The molecule has 34 heavy (non-hydrogen) atoms. The zero-order valence-electron chi connectivity index (χ0n) is 18.5. The van der Waals surface area contributed by atoms with Crippen LogP contribution in [0, 0.1) is 18.3 Å². The Labute approximate surface area is 210 Å². The topological polar surface area (TPSA) is 75.0 Å². The van der Waals surface area contributed by atoms with Crippen molar-refractivity contribution in [3.63, 3.8) is 0 Å². The average Bonchev–Trinajstić information content (AvgIpc) is 3.27. The van der Waals surface area contributed by atoms with E-state index in [4.69, 9.17) is 9.72 Å². The molecule has 0 aliphatic carbocycles. The molecule has 7 heteroatoms. The van der Waals surface area contributed by atoms with Crippen LogP contribution in [0.5, 0.6) is 5.75 Å². The van der Waals surface area contributed by atoms with Crippen LogP contribution in [0.3, 0.4) is 0 Å². The molecule has 0 atom stereocenters. The number of carbonyl (C=O) groups is 1. The molecule has 0 unspecified atom stereocenters. The van der Waals surface area contributed by atoms with Gasteiger partial charge in [-0.3, -0.25) is 4.79 Å². The van der Waals surface area contributed by atoms with Gasteiger partial charge in [0.05, 0.1) is 17.2 Å². The predicted molar refractivity (Wildman–Crippen MR) is 141 cm³/mol. The monoisotopic (exact) mass is 529 g/mol. The summed E-state index contributed by atoms with van der Waals surface area (Å²) < 4.78 is 6.07. The van der Waals surface area contributed by atoms with Crippen LogP contribution in [-0.4, -0.2) is 18.0 Å². The van der Waals surface area contributed by atoms with Gasteiger partial charge in [-0.15, -0.1) is 0 Å². The van der Waals surface area contributed by atoms with Crippen molar-refractivity contribution >= 4 is 49.8 Å². The first kappa shape index (κ1) is 23.4. The Hall–Kier alpha value is -3.73. The van der Waals surface area contributed by atoms with Crippen LogP contribution in [0.25, 0.3) is 22.9 Å². The molecule has 5 nitrogen and oxygen atoms in total. The van der Waals surface area contributed by atoms with E-state index in [1.54, 1.807) is 25.3 Å². The normalized spacial score (nSPS) is 11.1. The molecule has 0 spiro atoms. The summed E-state index contributed by atoms with van der Waals surface area (Å²) in [5, 5.41) is 14.0. The number of thiazole rings is 1. The maximum absolute atomic E-state index is 12.9. The van der Waals surface area contributed by atoms with Crippen molar-refractivity contribution in [2.24, 2.45) is 0 Å². The molecule has 168 valence electrons. The quantitative estimate of drug-likeness (QED) is 0.268. The molecule has 4 aromatic rings. The van der Waals surface area contributed by atoms with Gasteiger partial charge in [0.1, 0.15) is 27.5 Å². The molecule has 1 amide bonds. The Kier molecular flexibility index (Phi) is 7.21. The minimum absolute atomic E-state index is 0.228. The van der Waals surface area contributed by atoms with Gasteiger partial charge in [0.2, 0.25) is 0 Å². The van der Waals surface area contributed by atoms with Crippen LogP contribution in [0.15, 0.2) is 77.3 Å². The maximum atomic E-state index is 12.9. The number of halogens is 1. The van der Waals surface area contributed by atoms with Crippen molar-refractivity contribution in [1.82, 2.24) is 4.98 Å². The van der Waals surface area contributed by atoms with Crippen LogP contribution in [0.2, 0.25) is 0 Å². The van der Waals surface area contributed by atoms with E-state index in [9.17, 15) is 10.1 Å². The highest BCUT2D eigenvalue weighted by Gasteiger charge is 2.18. The lowest BCUT2D eigenvalue weighted by molar-refractivity contribution is 0.102. The van der Waals surface area contributed by atoms with E-state index in [2.05, 4.69) is 27.3 Å². The lowest BCUT2D eigenvalue weighted by Crippen LogP contribution is -2.11. The van der Waals surface area contributed by atoms with E-state index in [1.807, 2.05) is 67.6 Å². The van der Waals surface area contributed by atoms with E-state index in [0.29, 0.717) is 32.6 Å². The molecule has 0 saturated carbocycles. The molecule has 1 N–H and O–H groups in total. The second-order valence-corrected chi connectivity index (χ2v) is 9.30. The van der Waals surface area contributed by atoms with Gasteiger partial charge in [0.15, 0.2) is 0 Å². The Bertz CT molecular complexity index is 1400. The third kappa shape index (κ3) is 5.25. The van der Waals surface area contributed by atoms with Crippen LogP contribution < -0.4 is 10.1 Å². The Morgan fingerprint density at radius 1 is 1.12 bits per heavy atom. The van der Waals surface area contributed by atoms with E-state index >= 15 is 0 Å². The molecule has 0 fully saturated rings. The fourth-order valence-corrected chi connectivity index (χ4v) is 4.78. The average molecular weight is 530 g/mol. The third-order valence-corrected chi connectivity index (χ3v) is 6.68. The fourth-order valence-electron chi connectivity index (χ4n) is 3.27. The first-order valence-corrected chi connectivity index (χ1v) is 12.0. The Balaban J connectivity index is 1.74. The van der Waals surface area contributed by atoms with Gasteiger partial charge >= 0.3 is 0 Å². The SMILES string of the molecule is COc1ccc(C=C(C#N)c2nc(-c3ccccc3)c(NC(=O)c3ccc(C)cc3)s2)cc1Br. The number of hydrogen-bond acceptors (Lipinski definition) is 5. The summed E-state index contributed by atoms with van der Waals surface area (Å²) in [4.78, 5) is 17.7. The predicted octanol–water partition coefficient (Wildman–Crippen LogP) is 7.21. The zero-order chi connectivity index (χ0) is 24.1. The number of nitrogens with one attached hydrogen (secondary N) is 1. The van der Waals surface area contributed by atoms with Crippen molar-refractivity contribution in [3.8, 4) is 23.1 Å². The molecule has 0 radical (unpaired) electrons. The van der Waals surface area contributed by atoms with Gasteiger partial charge in [0.25, 0.3) is 5.91 Å². The number of amides is 1. The lowest BCUT2D eigenvalue weighted by Gasteiger charge is -2.05. The highest BCUT2D eigenvalue weighted by Crippen LogP contribution is 2.37. The number of rotatable bonds is 6. The number of benzene rings is 3. The molecule has 1 heterocycles. The number of aromatic nitrogens is 1. The number of hydrogen-bond donors (Lipinski definition) is 1. The van der Waals surface area contributed by atoms with Gasteiger partial charge in [-0.1, -0.05) is 65.4 Å². The van der Waals surface area contributed by atoms with Crippen molar-refractivity contribution in [1.29, 1.82) is 5.26 Å². The number of anilines is 1. The first-order chi connectivity index (χ1) is 16.5. The number of carbonyl (C=O) groups excluding carboxylic acids is 1. The van der Waals surface area contributed by atoms with Crippen LogP contribution in [0.1, 0.15) is 26.5 Å². The summed E-state index contributed by atoms with van der Waals surface area (Å²) in [6, 6.07) is 24.8. The number of allylic oxidation sites excluding steroid dienone is 1. The van der Waals surface area contributed by atoms with Crippen LogP contribution in [0.4, 0.5) is 5.00 Å². The number of aryl methyl sites for hydroxylation is 1. The van der Waals surface area contributed by atoms with Gasteiger partial charge < -0.3 is 10.1 Å². The van der Waals surface area contributed by atoms with Crippen LogP contribution in [-0.2, 0) is 0 Å². The maximum Gasteiger partial charge on any atom is 0.256 e. The number of nitriles is 1. The molecule has 1 aromatic heterocycles. The molecule has 0 aliphatic rings. The molecule has 3 aromatic carbocycles. The van der Waals surface area contributed by atoms with Gasteiger partial charge in [-0.05, 0) is 58.8 Å². The van der Waals surface area contributed by atoms with E-state index in [0.717, 1.165) is 21.2 Å². The van der Waals surface area contributed by atoms with Crippen molar-refractivity contribution in [2.45, 2.75) is 6.92 Å². The molecule has 4 rings (SSSR count). The Morgan fingerprint density at radius 2 is 1.85 bits per heavy atom. The number of ether oxygens (including phenoxy) is 1. The van der Waals surface area contributed by atoms with Gasteiger partial charge in [-0.2, -0.15) is 5.26 Å². The molecular formula is C27H20BrN3O2S. The summed E-state index contributed by atoms with van der Waals surface area (Å²) >= 11 is 4.75. The number of methoxy groups -OCH3 is 1. The molecular weight excluding hydrogens is 510 g/mol. The molecule has 0 saturated heterocycles. The highest BCUT2D eigenvalue weighted by atomic mass is 79.9. The van der Waals surface area contributed by atoms with Crippen molar-refractivity contribution in [3.05, 3.63) is 99.0 Å². The fraction of sp³-hybridized carbons (Fsp3) is 0.0741. The first-order valence-electron chi connectivity index (χ1n) is 10.4. The largest absolute Gasteiger partial charge is 0.496 e. The van der Waals surface area contributed by atoms with Crippen molar-refractivity contribution < 1.29 is 9.53 Å². The standard InChI is InChI=1S/C27H20BrN3O2S/c1-17-8-11-20(12-9-17)25(32)31-27-24(19-6-4-3-5-7-19)30-26(34-27)21(16-29)14-18-10-13-23(33-2)22(28)15-18/h3-15H,1-2H3,(H,31,32). The minimum atomic E-state index is -0.228. The summed E-state index contributed by atoms with van der Waals surface area (Å²) in [5.74, 6) is 0.478. The highest BCUT2D eigenvalue weighted by molar-refractivity contribution is 9.10. The van der Waals surface area contributed by atoms with Gasteiger partial charge in [-0.25, -0.2) is 4.98 Å². The minimum Gasteiger partial charge on any atom is -0.496 e. The van der Waals surface area contributed by atoms with E-state index < -0.39 is 0 Å². The number of nitrogens with zero attached hydrogens (tertiary/aromatic N) is 2. The van der Waals surface area contributed by atoms with Crippen molar-refractivity contribution in [2.75, 3.05) is 12.4 Å². The second kappa shape index (κ2) is 10.5. The van der Waals surface area contributed by atoms with E-state index in [1.165, 1.54) is 11.3 Å². The summed E-state index contributed by atoms with van der Waals surface area (Å²) in [5.41, 5.74) is 4.34. The lowest BCUT2D eigenvalue weighted by atomic mass is 10.1. The molecule has 0 aliphatic heterocycles.